The second-order valence-electron chi connectivity index (χ2n) is 3.89. The van der Waals surface area contributed by atoms with Crippen molar-refractivity contribution in [1.29, 1.82) is 5.26 Å². The van der Waals surface area contributed by atoms with Crippen LogP contribution in [-0.2, 0) is 0 Å². The fraction of sp³-hybridized carbons (Fsp3) is 0.0667. The molecule has 0 spiro atoms. The summed E-state index contributed by atoms with van der Waals surface area (Å²) in [4.78, 5) is 4.34. The van der Waals surface area contributed by atoms with Gasteiger partial charge in [0.25, 0.3) is 0 Å². The molecule has 0 atom stereocenters. The Morgan fingerprint density at radius 2 is 1.88 bits per heavy atom. The highest BCUT2D eigenvalue weighted by atomic mass is 14.7. The summed E-state index contributed by atoms with van der Waals surface area (Å²) in [6.07, 6.45) is 1.68. The topological polar surface area (TPSA) is 36.7 Å². The van der Waals surface area contributed by atoms with Crippen LogP contribution in [0.25, 0.3) is 16.8 Å². The minimum absolute atomic E-state index is 0.438. The van der Waals surface area contributed by atoms with Crippen LogP contribution in [0, 0.1) is 18.3 Å². The molecule has 0 radical (unpaired) electrons. The molecule has 2 heteroatoms. The minimum atomic E-state index is 0.438. The predicted octanol–water partition coefficient (Wildman–Crippen LogP) is 3.59. The lowest BCUT2D eigenvalue weighted by molar-refractivity contribution is 1.30. The Balaban J connectivity index is 2.33. The molecule has 2 rings (SSSR count). The fourth-order valence-corrected chi connectivity index (χ4v) is 1.53. The van der Waals surface area contributed by atoms with Gasteiger partial charge in [-0.15, -0.1) is 0 Å². The molecular weight excluding hydrogens is 208 g/mol. The number of hydrogen-bond acceptors (Lipinski definition) is 2. The number of benzene rings is 1. The van der Waals surface area contributed by atoms with Crippen LogP contribution in [0.5, 0.6) is 0 Å². The first-order valence-electron chi connectivity index (χ1n) is 5.33. The molecule has 0 unspecified atom stereocenters. The maximum atomic E-state index is 8.73. The first-order valence-corrected chi connectivity index (χ1v) is 5.33. The number of nitrogens with zero attached hydrogens (tertiary/aromatic N) is 2. The number of nitriles is 1. The van der Waals surface area contributed by atoms with E-state index in [0.717, 1.165) is 16.8 Å². The highest BCUT2D eigenvalue weighted by molar-refractivity contribution is 5.75. The molecule has 0 N–H and O–H groups in total. The van der Waals surface area contributed by atoms with Crippen LogP contribution in [0.15, 0.2) is 49.2 Å². The Morgan fingerprint density at radius 1 is 1.18 bits per heavy atom. The number of allylic oxidation sites excluding steroid dienone is 1. The molecule has 0 saturated heterocycles. The van der Waals surface area contributed by atoms with Crippen molar-refractivity contribution in [1.82, 2.24) is 4.98 Å². The van der Waals surface area contributed by atoms with Crippen LogP contribution in [0.2, 0.25) is 0 Å². The van der Waals surface area contributed by atoms with Gasteiger partial charge in [0, 0.05) is 17.3 Å². The van der Waals surface area contributed by atoms with Gasteiger partial charge in [0.15, 0.2) is 0 Å². The van der Waals surface area contributed by atoms with Crippen molar-refractivity contribution in [2.24, 2.45) is 0 Å². The average molecular weight is 220 g/mol. The molecule has 0 fully saturated rings. The van der Waals surface area contributed by atoms with Gasteiger partial charge in [0.1, 0.15) is 0 Å². The maximum absolute atomic E-state index is 8.73. The molecule has 0 aliphatic rings. The smallest absolute Gasteiger partial charge is 0.0992 e. The van der Waals surface area contributed by atoms with Gasteiger partial charge in [-0.05, 0) is 19.1 Å². The Bertz CT molecular complexity index is 572. The third kappa shape index (κ3) is 2.40. The molecule has 1 aromatic carbocycles. The molecule has 2 aromatic rings. The second-order valence-corrected chi connectivity index (χ2v) is 3.89. The van der Waals surface area contributed by atoms with Crippen LogP contribution >= 0.6 is 0 Å². The van der Waals surface area contributed by atoms with Gasteiger partial charge >= 0.3 is 0 Å². The van der Waals surface area contributed by atoms with Gasteiger partial charge in [-0.2, -0.15) is 5.26 Å². The number of hydrogen-bond donors (Lipinski definition) is 0. The summed E-state index contributed by atoms with van der Waals surface area (Å²) in [6.45, 7) is 5.71. The van der Waals surface area contributed by atoms with E-state index in [2.05, 4.69) is 30.6 Å². The molecule has 2 nitrogen and oxygen atoms in total. The lowest BCUT2D eigenvalue weighted by atomic mass is 10.1. The van der Waals surface area contributed by atoms with Gasteiger partial charge in [-0.3, -0.25) is 4.98 Å². The van der Waals surface area contributed by atoms with E-state index < -0.39 is 0 Å². The first kappa shape index (κ1) is 11.1. The zero-order valence-electron chi connectivity index (χ0n) is 9.64. The molecule has 0 bridgehead atoms. The first-order chi connectivity index (χ1) is 8.20. The Hall–Kier alpha value is -2.40. The summed E-state index contributed by atoms with van der Waals surface area (Å²) < 4.78 is 0. The average Bonchev–Trinajstić information content (AvgIpc) is 2.39. The predicted molar refractivity (Wildman–Crippen MR) is 69.1 cm³/mol. The molecule has 0 amide bonds. The number of pyridine rings is 1. The Morgan fingerprint density at radius 3 is 2.41 bits per heavy atom. The molecule has 0 aliphatic carbocycles. The quantitative estimate of drug-likeness (QED) is 0.725. The zero-order chi connectivity index (χ0) is 12.3. The van der Waals surface area contributed by atoms with Crippen LogP contribution in [0.3, 0.4) is 0 Å². The van der Waals surface area contributed by atoms with Crippen LogP contribution in [0.4, 0.5) is 0 Å². The van der Waals surface area contributed by atoms with Crippen LogP contribution in [-0.4, -0.2) is 4.98 Å². The van der Waals surface area contributed by atoms with E-state index in [1.165, 1.54) is 5.56 Å². The van der Waals surface area contributed by atoms with Crippen molar-refractivity contribution in [3.8, 4) is 17.3 Å². The number of rotatable bonds is 2. The van der Waals surface area contributed by atoms with Crippen molar-refractivity contribution in [2.75, 3.05) is 0 Å². The Labute approximate surface area is 101 Å². The van der Waals surface area contributed by atoms with E-state index >= 15 is 0 Å². The third-order valence-corrected chi connectivity index (χ3v) is 2.59. The van der Waals surface area contributed by atoms with Gasteiger partial charge < -0.3 is 0 Å². The second kappa shape index (κ2) is 4.63. The molecule has 17 heavy (non-hydrogen) atoms. The monoisotopic (exact) mass is 220 g/mol. The highest BCUT2D eigenvalue weighted by Gasteiger charge is 2.01. The molecule has 0 saturated carbocycles. The van der Waals surface area contributed by atoms with Crippen molar-refractivity contribution in [3.63, 3.8) is 0 Å². The molecule has 0 aliphatic heterocycles. The van der Waals surface area contributed by atoms with Crippen LogP contribution in [0.1, 0.15) is 11.1 Å². The molecule has 1 aromatic heterocycles. The summed E-state index contributed by atoms with van der Waals surface area (Å²) in [6, 6.07) is 14.0. The summed E-state index contributed by atoms with van der Waals surface area (Å²) in [7, 11) is 0. The Kier molecular flexibility index (Phi) is 3.02. The van der Waals surface area contributed by atoms with Gasteiger partial charge in [-0.25, -0.2) is 0 Å². The van der Waals surface area contributed by atoms with E-state index in [1.54, 1.807) is 6.20 Å². The number of aryl methyl sites for hydroxylation is 1. The van der Waals surface area contributed by atoms with Gasteiger partial charge in [-0.1, -0.05) is 36.4 Å². The van der Waals surface area contributed by atoms with E-state index in [0.29, 0.717) is 5.57 Å². The zero-order valence-corrected chi connectivity index (χ0v) is 9.64. The lowest BCUT2D eigenvalue weighted by Crippen LogP contribution is -1.86. The molecular formula is C15H12N2. The lowest BCUT2D eigenvalue weighted by Gasteiger charge is -2.02. The fourth-order valence-electron chi connectivity index (χ4n) is 1.53. The van der Waals surface area contributed by atoms with Gasteiger partial charge in [0.2, 0.25) is 0 Å². The van der Waals surface area contributed by atoms with E-state index in [9.17, 15) is 0 Å². The largest absolute Gasteiger partial charge is 0.256 e. The van der Waals surface area contributed by atoms with Crippen molar-refractivity contribution in [2.45, 2.75) is 6.92 Å². The maximum Gasteiger partial charge on any atom is 0.0992 e. The standard InChI is InChI=1S/C15H12N2/c1-11-3-5-13(6-4-11)15-8-7-14(10-17-15)12(2)9-16/h3-8,10H,2H2,1H3. The molecule has 82 valence electrons. The summed E-state index contributed by atoms with van der Waals surface area (Å²) >= 11 is 0. The normalized spacial score (nSPS) is 9.65. The minimum Gasteiger partial charge on any atom is -0.256 e. The van der Waals surface area contributed by atoms with Crippen LogP contribution < -0.4 is 0 Å². The van der Waals surface area contributed by atoms with E-state index in [1.807, 2.05) is 30.3 Å². The summed E-state index contributed by atoms with van der Waals surface area (Å²) in [5, 5.41) is 8.73. The molecule has 1 heterocycles. The SMILES string of the molecule is C=C(C#N)c1ccc(-c2ccc(C)cc2)nc1. The summed E-state index contributed by atoms with van der Waals surface area (Å²) in [5.41, 5.74) is 4.41. The van der Waals surface area contributed by atoms with E-state index in [-0.39, 0.29) is 0 Å². The van der Waals surface area contributed by atoms with Crippen molar-refractivity contribution >= 4 is 5.57 Å². The summed E-state index contributed by atoms with van der Waals surface area (Å²) in [5.74, 6) is 0. The highest BCUT2D eigenvalue weighted by Crippen LogP contribution is 2.19. The third-order valence-electron chi connectivity index (χ3n) is 2.59. The van der Waals surface area contributed by atoms with Gasteiger partial charge in [0.05, 0.1) is 17.3 Å². The van der Waals surface area contributed by atoms with Crippen molar-refractivity contribution < 1.29 is 0 Å². The van der Waals surface area contributed by atoms with E-state index in [4.69, 9.17) is 5.26 Å². The number of aromatic nitrogens is 1. The van der Waals surface area contributed by atoms with Crippen molar-refractivity contribution in [3.05, 3.63) is 60.3 Å².